The molecule has 0 bridgehead atoms. The predicted octanol–water partition coefficient (Wildman–Crippen LogP) is 21.9. The van der Waals surface area contributed by atoms with Crippen LogP contribution in [0.5, 0.6) is 0 Å². The normalized spacial score (nSPS) is 14.3. The number of hydrogen-bond donors (Lipinski definition) is 3. The van der Waals surface area contributed by atoms with Crippen molar-refractivity contribution < 1.29 is 80.2 Å². The molecule has 17 nitrogen and oxygen atoms in total. The smallest absolute Gasteiger partial charge is 0.462 e. The van der Waals surface area contributed by atoms with Crippen LogP contribution in [0.15, 0.2) is 0 Å². The van der Waals surface area contributed by atoms with E-state index >= 15 is 0 Å². The lowest BCUT2D eigenvalue weighted by Gasteiger charge is -2.21. The standard InChI is InChI=1S/C75H146O17P2/c1-7-10-12-14-16-18-20-22-24-25-26-28-30-36-40-48-54-60-74(79)91-70(63-85-72(77)57-51-45-38-34-32-31-33-37-44-50-56-68(6)9-3)65-89-93(81,82)87-61-69(76)62-88-94(83,84)90-66-71(64-86-73(78)58-52-46-42-41-43-49-55-67(4)5)92-75(80)59-53-47-39-35-29-27-23-21-19-17-15-13-11-8-2/h67-71,76H,7-66H2,1-6H3,(H,81,82)(H,83,84)/t68?,69-,70-,71-/m1/s1. The second-order valence-electron chi connectivity index (χ2n) is 27.8. The van der Waals surface area contributed by atoms with Crippen LogP contribution in [-0.4, -0.2) is 96.7 Å². The quantitative estimate of drug-likeness (QED) is 0.0222. The zero-order chi connectivity index (χ0) is 69.3. The molecule has 0 aromatic carbocycles. The van der Waals surface area contributed by atoms with Crippen molar-refractivity contribution in [1.82, 2.24) is 0 Å². The lowest BCUT2D eigenvalue weighted by molar-refractivity contribution is -0.161. The largest absolute Gasteiger partial charge is 0.472 e. The number of phosphoric acid groups is 2. The molecular weight excluding hydrogens is 1230 g/mol. The van der Waals surface area contributed by atoms with Gasteiger partial charge in [0.15, 0.2) is 12.2 Å². The summed E-state index contributed by atoms with van der Waals surface area (Å²) in [7, 11) is -9.91. The monoisotopic (exact) mass is 1380 g/mol. The molecule has 0 saturated carbocycles. The summed E-state index contributed by atoms with van der Waals surface area (Å²) in [5.74, 6) is -0.628. The first kappa shape index (κ1) is 92.1. The zero-order valence-corrected chi connectivity index (χ0v) is 63.1. The van der Waals surface area contributed by atoms with Crippen LogP contribution in [0.4, 0.5) is 0 Å². The lowest BCUT2D eigenvalue weighted by Crippen LogP contribution is -2.30. The van der Waals surface area contributed by atoms with Crippen molar-refractivity contribution in [3.63, 3.8) is 0 Å². The third-order valence-electron chi connectivity index (χ3n) is 17.8. The van der Waals surface area contributed by atoms with Gasteiger partial charge in [0, 0.05) is 25.7 Å². The Morgan fingerprint density at radius 3 is 0.809 bits per heavy atom. The molecule has 6 atom stereocenters. The maximum Gasteiger partial charge on any atom is 0.472 e. The van der Waals surface area contributed by atoms with Gasteiger partial charge in [-0.05, 0) is 37.5 Å². The van der Waals surface area contributed by atoms with E-state index in [2.05, 4.69) is 41.5 Å². The highest BCUT2D eigenvalue weighted by molar-refractivity contribution is 7.47. The highest BCUT2D eigenvalue weighted by Crippen LogP contribution is 2.45. The number of aliphatic hydroxyl groups is 1. The number of esters is 4. The number of carbonyl (C=O) groups excluding carboxylic acids is 4. The van der Waals surface area contributed by atoms with Gasteiger partial charge in [0.2, 0.25) is 0 Å². The molecule has 0 radical (unpaired) electrons. The molecule has 3 N–H and O–H groups in total. The maximum absolute atomic E-state index is 13.1. The summed E-state index contributed by atoms with van der Waals surface area (Å²) in [6.45, 7) is 9.54. The van der Waals surface area contributed by atoms with Crippen molar-refractivity contribution >= 4 is 39.5 Å². The molecule has 0 amide bonds. The zero-order valence-electron chi connectivity index (χ0n) is 61.3. The topological polar surface area (TPSA) is 237 Å². The van der Waals surface area contributed by atoms with Crippen LogP contribution in [0.25, 0.3) is 0 Å². The fourth-order valence-corrected chi connectivity index (χ4v) is 13.0. The summed E-state index contributed by atoms with van der Waals surface area (Å²) in [6.07, 6.45) is 54.1. The molecule has 0 aliphatic carbocycles. The van der Waals surface area contributed by atoms with Crippen molar-refractivity contribution in [3.05, 3.63) is 0 Å². The molecule has 0 heterocycles. The summed E-state index contributed by atoms with van der Waals surface area (Å²) in [4.78, 5) is 72.7. The van der Waals surface area contributed by atoms with Crippen LogP contribution in [-0.2, 0) is 65.4 Å². The molecule has 0 aliphatic heterocycles. The van der Waals surface area contributed by atoms with Crippen molar-refractivity contribution in [2.24, 2.45) is 11.8 Å². The Balaban J connectivity index is 5.24. The van der Waals surface area contributed by atoms with Gasteiger partial charge in [0.1, 0.15) is 19.3 Å². The Morgan fingerprint density at radius 2 is 0.543 bits per heavy atom. The number of carbonyl (C=O) groups is 4. The highest BCUT2D eigenvalue weighted by atomic mass is 31.2. The van der Waals surface area contributed by atoms with E-state index in [0.29, 0.717) is 31.6 Å². The van der Waals surface area contributed by atoms with Crippen LogP contribution in [0.1, 0.15) is 388 Å². The first-order valence-corrected chi connectivity index (χ1v) is 42.0. The number of ether oxygens (including phenoxy) is 4. The van der Waals surface area contributed by atoms with Gasteiger partial charge in [-0.1, -0.05) is 337 Å². The Morgan fingerprint density at radius 1 is 0.309 bits per heavy atom. The minimum Gasteiger partial charge on any atom is -0.462 e. The van der Waals surface area contributed by atoms with Crippen LogP contribution >= 0.6 is 15.6 Å². The summed E-state index contributed by atoms with van der Waals surface area (Å²) in [5.41, 5.74) is 0. The first-order chi connectivity index (χ1) is 45.4. The third-order valence-corrected chi connectivity index (χ3v) is 19.7. The third kappa shape index (κ3) is 67.3. The molecule has 0 aromatic heterocycles. The van der Waals surface area contributed by atoms with Gasteiger partial charge in [-0.2, -0.15) is 0 Å². The number of rotatable bonds is 74. The fraction of sp³-hybridized carbons (Fsp3) is 0.947. The minimum atomic E-state index is -4.96. The van der Waals surface area contributed by atoms with Crippen LogP contribution in [0, 0.1) is 11.8 Å². The van der Waals surface area contributed by atoms with E-state index in [1.165, 1.54) is 199 Å². The van der Waals surface area contributed by atoms with Crippen LogP contribution < -0.4 is 0 Å². The Hall–Kier alpha value is -1.94. The molecular formula is C75H146O17P2. The molecule has 19 heteroatoms. The van der Waals surface area contributed by atoms with Gasteiger partial charge in [0.25, 0.3) is 0 Å². The van der Waals surface area contributed by atoms with Gasteiger partial charge in [-0.3, -0.25) is 37.3 Å². The van der Waals surface area contributed by atoms with Crippen LogP contribution in [0.2, 0.25) is 0 Å². The summed E-state index contributed by atoms with van der Waals surface area (Å²) in [5, 5.41) is 10.6. The van der Waals surface area contributed by atoms with Crippen molar-refractivity contribution in [2.75, 3.05) is 39.6 Å². The van der Waals surface area contributed by atoms with E-state index in [4.69, 9.17) is 37.0 Å². The maximum atomic E-state index is 13.1. The molecule has 0 aromatic rings. The highest BCUT2D eigenvalue weighted by Gasteiger charge is 2.30. The summed E-state index contributed by atoms with van der Waals surface area (Å²) >= 11 is 0. The Labute approximate surface area is 575 Å². The van der Waals surface area contributed by atoms with E-state index in [1.54, 1.807) is 0 Å². The van der Waals surface area contributed by atoms with Crippen LogP contribution in [0.3, 0.4) is 0 Å². The van der Waals surface area contributed by atoms with E-state index in [1.807, 2.05) is 0 Å². The van der Waals surface area contributed by atoms with Crippen molar-refractivity contribution in [2.45, 2.75) is 407 Å². The molecule has 0 rings (SSSR count). The van der Waals surface area contributed by atoms with Gasteiger partial charge < -0.3 is 33.8 Å². The lowest BCUT2D eigenvalue weighted by atomic mass is 9.99. The minimum absolute atomic E-state index is 0.107. The van der Waals surface area contributed by atoms with Gasteiger partial charge in [-0.25, -0.2) is 9.13 Å². The molecule has 0 saturated heterocycles. The molecule has 3 unspecified atom stereocenters. The second-order valence-corrected chi connectivity index (χ2v) is 30.7. The van der Waals surface area contributed by atoms with E-state index < -0.39 is 97.5 Å². The number of unbranched alkanes of at least 4 members (excludes halogenated alkanes) is 43. The van der Waals surface area contributed by atoms with Crippen molar-refractivity contribution in [1.29, 1.82) is 0 Å². The van der Waals surface area contributed by atoms with Gasteiger partial charge in [0.05, 0.1) is 26.4 Å². The predicted molar refractivity (Wildman–Crippen MR) is 381 cm³/mol. The molecule has 0 spiro atoms. The summed E-state index contributed by atoms with van der Waals surface area (Å²) < 4.78 is 68.5. The second kappa shape index (κ2) is 66.9. The average molecular weight is 1380 g/mol. The van der Waals surface area contributed by atoms with E-state index in [-0.39, 0.29) is 25.7 Å². The molecule has 558 valence electrons. The SMILES string of the molecule is CCCCCCCCCCCCCCCCCCCC(=O)O[C@H](COC(=O)CCCCCCCCCCCCC(C)CC)COP(=O)(O)OC[C@@H](O)COP(=O)(O)OC[C@@H](COC(=O)CCCCCCCCC(C)C)OC(=O)CCCCCCCCCCCCCCCC. The number of phosphoric ester groups is 2. The van der Waals surface area contributed by atoms with E-state index in [9.17, 15) is 43.2 Å². The fourth-order valence-electron chi connectivity index (χ4n) is 11.4. The summed E-state index contributed by atoms with van der Waals surface area (Å²) in [6, 6.07) is 0. The average Bonchev–Trinajstić information content (AvgIpc) is 1.93. The first-order valence-electron chi connectivity index (χ1n) is 39.0. The van der Waals surface area contributed by atoms with Gasteiger partial charge >= 0.3 is 39.5 Å². The Bertz CT molecular complexity index is 1820. The Kier molecular flexibility index (Phi) is 65.5. The van der Waals surface area contributed by atoms with Crippen molar-refractivity contribution in [3.8, 4) is 0 Å². The number of aliphatic hydroxyl groups excluding tert-OH is 1. The number of hydrogen-bond acceptors (Lipinski definition) is 15. The molecule has 94 heavy (non-hydrogen) atoms. The molecule has 0 fully saturated rings. The van der Waals surface area contributed by atoms with E-state index in [0.717, 1.165) is 102 Å². The van der Waals surface area contributed by atoms with Gasteiger partial charge in [-0.15, -0.1) is 0 Å². The molecule has 0 aliphatic rings.